The topological polar surface area (TPSA) is 62.6 Å². The van der Waals surface area contributed by atoms with Crippen LogP contribution in [0.15, 0.2) is 47.1 Å². The van der Waals surface area contributed by atoms with Crippen LogP contribution in [-0.4, -0.2) is 35.8 Å². The maximum absolute atomic E-state index is 12.6. The molecule has 5 nitrogen and oxygen atoms in total. The van der Waals surface area contributed by atoms with Gasteiger partial charge in [-0.05, 0) is 56.5 Å². The maximum atomic E-state index is 12.6. The molecule has 5 heteroatoms. The second-order valence-corrected chi connectivity index (χ2v) is 6.59. The molecule has 0 radical (unpaired) electrons. The number of amides is 2. The van der Waals surface area contributed by atoms with E-state index in [1.165, 1.54) is 6.42 Å². The highest BCUT2D eigenvalue weighted by molar-refractivity contribution is 5.99. The highest BCUT2D eigenvalue weighted by Crippen LogP contribution is 2.14. The molecule has 1 aliphatic heterocycles. The summed E-state index contributed by atoms with van der Waals surface area (Å²) in [5.41, 5.74) is 1.09. The van der Waals surface area contributed by atoms with E-state index in [0.717, 1.165) is 31.7 Å². The van der Waals surface area contributed by atoms with Gasteiger partial charge in [0.2, 0.25) is 0 Å². The lowest BCUT2D eigenvalue weighted by Gasteiger charge is -2.26. The molecule has 2 amide bonds. The van der Waals surface area contributed by atoms with Crippen LogP contribution in [-0.2, 0) is 6.42 Å². The van der Waals surface area contributed by atoms with Gasteiger partial charge in [-0.2, -0.15) is 0 Å². The van der Waals surface area contributed by atoms with Crippen LogP contribution >= 0.6 is 0 Å². The van der Waals surface area contributed by atoms with Crippen LogP contribution < -0.4 is 5.32 Å². The normalized spacial score (nSPS) is 15.6. The number of nitrogens with zero attached hydrogens (tertiary/aromatic N) is 1. The first-order valence-electron chi connectivity index (χ1n) is 8.86. The number of likely N-dealkylation sites (tertiary alicyclic amines) is 1. The molecule has 1 fully saturated rings. The highest BCUT2D eigenvalue weighted by Gasteiger charge is 2.19. The molecule has 132 valence electrons. The first-order valence-corrected chi connectivity index (χ1v) is 8.86. The van der Waals surface area contributed by atoms with E-state index in [1.54, 1.807) is 30.5 Å². The summed E-state index contributed by atoms with van der Waals surface area (Å²) < 4.78 is 5.31. The summed E-state index contributed by atoms with van der Waals surface area (Å²) in [6.45, 7) is 3.54. The Morgan fingerprint density at radius 2 is 1.88 bits per heavy atom. The van der Waals surface area contributed by atoms with Gasteiger partial charge in [-0.15, -0.1) is 0 Å². The Morgan fingerprint density at radius 1 is 1.12 bits per heavy atom. The monoisotopic (exact) mass is 340 g/mol. The Morgan fingerprint density at radius 3 is 2.60 bits per heavy atom. The minimum absolute atomic E-state index is 0.0120. The minimum atomic E-state index is -0.174. The van der Waals surface area contributed by atoms with E-state index in [0.29, 0.717) is 17.5 Å². The second-order valence-electron chi connectivity index (χ2n) is 6.59. The van der Waals surface area contributed by atoms with E-state index in [1.807, 2.05) is 24.0 Å². The number of piperidine rings is 1. The fourth-order valence-electron chi connectivity index (χ4n) is 3.16. The molecule has 2 aromatic rings. The number of hydrogen-bond acceptors (Lipinski definition) is 3. The standard InChI is InChI=1S/C20H24N2O3/c1-15(13-18-9-6-12-25-18)21-19(23)16-7-5-8-17(14-16)20(24)22-10-3-2-4-11-22/h5-9,12,14-15H,2-4,10-11,13H2,1H3,(H,21,23). The molecule has 0 aliphatic carbocycles. The van der Waals surface area contributed by atoms with Gasteiger partial charge in [0, 0.05) is 36.7 Å². The summed E-state index contributed by atoms with van der Waals surface area (Å²) in [4.78, 5) is 26.9. The lowest BCUT2D eigenvalue weighted by Crippen LogP contribution is -2.36. The predicted molar refractivity (Wildman–Crippen MR) is 95.5 cm³/mol. The number of nitrogens with one attached hydrogen (secondary N) is 1. The van der Waals surface area contributed by atoms with Crippen molar-refractivity contribution in [1.82, 2.24) is 10.2 Å². The first-order chi connectivity index (χ1) is 12.1. The van der Waals surface area contributed by atoms with Crippen molar-refractivity contribution in [2.45, 2.75) is 38.6 Å². The summed E-state index contributed by atoms with van der Waals surface area (Å²) in [6.07, 6.45) is 5.54. The first kappa shape index (κ1) is 17.3. The molecular formula is C20H24N2O3. The largest absolute Gasteiger partial charge is 0.469 e. The fourth-order valence-corrected chi connectivity index (χ4v) is 3.16. The molecule has 1 unspecified atom stereocenters. The molecule has 3 rings (SSSR count). The van der Waals surface area contributed by atoms with Crippen molar-refractivity contribution in [3.63, 3.8) is 0 Å². The average Bonchev–Trinajstić information content (AvgIpc) is 3.14. The van der Waals surface area contributed by atoms with E-state index in [4.69, 9.17) is 4.42 Å². The van der Waals surface area contributed by atoms with Crippen LogP contribution in [0.25, 0.3) is 0 Å². The zero-order chi connectivity index (χ0) is 17.6. The Kier molecular flexibility index (Phi) is 5.53. The number of carbonyl (C=O) groups is 2. The van der Waals surface area contributed by atoms with E-state index >= 15 is 0 Å². The average molecular weight is 340 g/mol. The van der Waals surface area contributed by atoms with Crippen LogP contribution in [0.5, 0.6) is 0 Å². The molecule has 1 N–H and O–H groups in total. The van der Waals surface area contributed by atoms with Crippen LogP contribution in [0.3, 0.4) is 0 Å². The zero-order valence-electron chi connectivity index (χ0n) is 14.5. The number of benzene rings is 1. The molecule has 1 aliphatic rings. The molecule has 0 spiro atoms. The van der Waals surface area contributed by atoms with E-state index in [9.17, 15) is 9.59 Å². The van der Waals surface area contributed by atoms with Crippen LogP contribution in [0, 0.1) is 0 Å². The van der Waals surface area contributed by atoms with E-state index in [-0.39, 0.29) is 17.9 Å². The summed E-state index contributed by atoms with van der Waals surface area (Å²) in [6, 6.07) is 10.6. The Balaban J connectivity index is 1.63. The smallest absolute Gasteiger partial charge is 0.253 e. The molecule has 2 heterocycles. The molecule has 0 saturated carbocycles. The Labute approximate surface area is 148 Å². The number of carbonyl (C=O) groups excluding carboxylic acids is 2. The van der Waals surface area contributed by atoms with Crippen molar-refractivity contribution < 1.29 is 14.0 Å². The van der Waals surface area contributed by atoms with Crippen molar-refractivity contribution in [2.24, 2.45) is 0 Å². The van der Waals surface area contributed by atoms with Crippen molar-refractivity contribution in [3.05, 3.63) is 59.5 Å². The fraction of sp³-hybridized carbons (Fsp3) is 0.400. The van der Waals surface area contributed by atoms with Gasteiger partial charge < -0.3 is 14.6 Å². The minimum Gasteiger partial charge on any atom is -0.469 e. The van der Waals surface area contributed by atoms with Gasteiger partial charge >= 0.3 is 0 Å². The highest BCUT2D eigenvalue weighted by atomic mass is 16.3. The van der Waals surface area contributed by atoms with E-state index < -0.39 is 0 Å². The predicted octanol–water partition coefficient (Wildman–Crippen LogP) is 3.27. The summed E-state index contributed by atoms with van der Waals surface area (Å²) in [5, 5.41) is 2.96. The van der Waals surface area contributed by atoms with Crippen molar-refractivity contribution in [2.75, 3.05) is 13.1 Å². The van der Waals surface area contributed by atoms with Gasteiger partial charge in [-0.3, -0.25) is 9.59 Å². The quantitative estimate of drug-likeness (QED) is 0.909. The van der Waals surface area contributed by atoms with Gasteiger partial charge in [0.15, 0.2) is 0 Å². The van der Waals surface area contributed by atoms with Crippen molar-refractivity contribution in [1.29, 1.82) is 0 Å². The lowest BCUT2D eigenvalue weighted by molar-refractivity contribution is 0.0724. The van der Waals surface area contributed by atoms with Gasteiger partial charge in [-0.1, -0.05) is 6.07 Å². The Hall–Kier alpha value is -2.56. The molecule has 1 saturated heterocycles. The molecule has 1 aromatic carbocycles. The van der Waals surface area contributed by atoms with Crippen molar-refractivity contribution >= 4 is 11.8 Å². The maximum Gasteiger partial charge on any atom is 0.253 e. The number of rotatable bonds is 5. The van der Waals surface area contributed by atoms with Gasteiger partial charge in [0.25, 0.3) is 11.8 Å². The second kappa shape index (κ2) is 8.01. The van der Waals surface area contributed by atoms with Gasteiger partial charge in [0.1, 0.15) is 5.76 Å². The van der Waals surface area contributed by atoms with Gasteiger partial charge in [-0.25, -0.2) is 0 Å². The zero-order valence-corrected chi connectivity index (χ0v) is 14.5. The summed E-state index contributed by atoms with van der Waals surface area (Å²) >= 11 is 0. The molecule has 25 heavy (non-hydrogen) atoms. The summed E-state index contributed by atoms with van der Waals surface area (Å²) in [7, 11) is 0. The third-order valence-corrected chi connectivity index (χ3v) is 4.48. The Bertz CT molecular complexity index is 718. The van der Waals surface area contributed by atoms with E-state index in [2.05, 4.69) is 5.32 Å². The molecule has 1 atom stereocenters. The van der Waals surface area contributed by atoms with Crippen LogP contribution in [0.1, 0.15) is 52.7 Å². The molecule has 0 bridgehead atoms. The van der Waals surface area contributed by atoms with Gasteiger partial charge in [0.05, 0.1) is 6.26 Å². The number of furan rings is 1. The lowest BCUT2D eigenvalue weighted by atomic mass is 10.1. The molecule has 1 aromatic heterocycles. The molecular weight excluding hydrogens is 316 g/mol. The van der Waals surface area contributed by atoms with Crippen molar-refractivity contribution in [3.8, 4) is 0 Å². The summed E-state index contributed by atoms with van der Waals surface area (Å²) in [5.74, 6) is 0.673. The van der Waals surface area contributed by atoms with Crippen LogP contribution in [0.2, 0.25) is 0 Å². The number of hydrogen-bond donors (Lipinski definition) is 1. The third-order valence-electron chi connectivity index (χ3n) is 4.48. The SMILES string of the molecule is CC(Cc1ccco1)NC(=O)c1cccc(C(=O)N2CCCCC2)c1. The third kappa shape index (κ3) is 4.50. The van der Waals surface area contributed by atoms with Crippen LogP contribution in [0.4, 0.5) is 0 Å².